The van der Waals surface area contributed by atoms with Gasteiger partial charge in [-0.15, -0.1) is 0 Å². The Hall–Kier alpha value is -1.79. The molecule has 0 radical (unpaired) electrons. The molecule has 1 atom stereocenters. The number of nitrogens with two attached hydrogens (primary N) is 1. The number of phenols is 1. The Balaban J connectivity index is 1.98. The molecule has 1 unspecified atom stereocenters. The zero-order valence-corrected chi connectivity index (χ0v) is 12.3. The van der Waals surface area contributed by atoms with Crippen molar-refractivity contribution in [3.05, 3.63) is 28.8 Å². The molecule has 0 spiro atoms. The molecule has 4 N–H and O–H groups in total. The molecule has 21 heavy (non-hydrogen) atoms. The van der Waals surface area contributed by atoms with Crippen LogP contribution in [0.1, 0.15) is 18.4 Å². The van der Waals surface area contributed by atoms with Crippen molar-refractivity contribution in [2.24, 2.45) is 5.73 Å². The van der Waals surface area contributed by atoms with Crippen LogP contribution in [0.4, 0.5) is 0 Å². The van der Waals surface area contributed by atoms with Crippen molar-refractivity contribution in [3.63, 3.8) is 0 Å². The van der Waals surface area contributed by atoms with Crippen molar-refractivity contribution in [3.8, 4) is 5.75 Å². The SMILES string of the molecule is NCC(=O)N1CCCC1C(=O)NCc1cc(Cl)ccc1O. The first-order valence-electron chi connectivity index (χ1n) is 6.77. The molecule has 1 heterocycles. The van der Waals surface area contributed by atoms with Crippen molar-refractivity contribution in [1.29, 1.82) is 0 Å². The molecule has 0 aromatic heterocycles. The van der Waals surface area contributed by atoms with E-state index in [0.29, 0.717) is 23.6 Å². The fourth-order valence-electron chi connectivity index (χ4n) is 2.45. The molecule has 1 aliphatic rings. The molecule has 1 aromatic rings. The third kappa shape index (κ3) is 3.65. The molecule has 1 fully saturated rings. The highest BCUT2D eigenvalue weighted by molar-refractivity contribution is 6.30. The van der Waals surface area contributed by atoms with Gasteiger partial charge >= 0.3 is 0 Å². The quantitative estimate of drug-likeness (QED) is 0.759. The lowest BCUT2D eigenvalue weighted by atomic mass is 10.1. The molecule has 1 saturated heterocycles. The van der Waals surface area contributed by atoms with Crippen LogP contribution in [0.5, 0.6) is 5.75 Å². The van der Waals surface area contributed by atoms with Gasteiger partial charge in [0.25, 0.3) is 0 Å². The lowest BCUT2D eigenvalue weighted by molar-refractivity contribution is -0.137. The molecule has 2 amide bonds. The Labute approximate surface area is 127 Å². The van der Waals surface area contributed by atoms with Crippen molar-refractivity contribution in [1.82, 2.24) is 10.2 Å². The number of hydrogen-bond acceptors (Lipinski definition) is 4. The van der Waals surface area contributed by atoms with E-state index >= 15 is 0 Å². The summed E-state index contributed by atoms with van der Waals surface area (Å²) in [4.78, 5) is 25.4. The van der Waals surface area contributed by atoms with Crippen LogP contribution in [-0.2, 0) is 16.1 Å². The van der Waals surface area contributed by atoms with Gasteiger partial charge in [0, 0.05) is 23.7 Å². The number of rotatable bonds is 4. The minimum atomic E-state index is -0.484. The van der Waals surface area contributed by atoms with E-state index in [1.807, 2.05) is 0 Å². The first kappa shape index (κ1) is 15.6. The van der Waals surface area contributed by atoms with Crippen LogP contribution >= 0.6 is 11.6 Å². The molecule has 114 valence electrons. The second kappa shape index (κ2) is 6.78. The van der Waals surface area contributed by atoms with Crippen molar-refractivity contribution >= 4 is 23.4 Å². The fraction of sp³-hybridized carbons (Fsp3) is 0.429. The number of likely N-dealkylation sites (tertiary alicyclic amines) is 1. The van der Waals surface area contributed by atoms with E-state index in [1.54, 1.807) is 12.1 Å². The Bertz CT molecular complexity index is 550. The average Bonchev–Trinajstić information content (AvgIpc) is 2.96. The average molecular weight is 312 g/mol. The molecule has 6 nitrogen and oxygen atoms in total. The van der Waals surface area contributed by atoms with Crippen LogP contribution in [0.15, 0.2) is 18.2 Å². The molecule has 0 bridgehead atoms. The predicted molar refractivity (Wildman–Crippen MR) is 78.8 cm³/mol. The summed E-state index contributed by atoms with van der Waals surface area (Å²) in [6, 6.07) is 4.15. The van der Waals surface area contributed by atoms with E-state index in [2.05, 4.69) is 5.32 Å². The van der Waals surface area contributed by atoms with Gasteiger partial charge in [-0.25, -0.2) is 0 Å². The Morgan fingerprint density at radius 3 is 2.95 bits per heavy atom. The number of carbonyl (C=O) groups excluding carboxylic acids is 2. The Morgan fingerprint density at radius 1 is 1.48 bits per heavy atom. The minimum Gasteiger partial charge on any atom is -0.508 e. The number of carbonyl (C=O) groups is 2. The zero-order valence-electron chi connectivity index (χ0n) is 11.5. The summed E-state index contributed by atoms with van der Waals surface area (Å²) in [6.45, 7) is 0.613. The summed E-state index contributed by atoms with van der Waals surface area (Å²) >= 11 is 5.85. The number of phenolic OH excluding ortho intramolecular Hbond substituents is 1. The Kier molecular flexibility index (Phi) is 5.03. The molecule has 1 aromatic carbocycles. The number of nitrogens with one attached hydrogen (secondary N) is 1. The van der Waals surface area contributed by atoms with E-state index < -0.39 is 6.04 Å². The molecular weight excluding hydrogens is 294 g/mol. The van der Waals surface area contributed by atoms with E-state index in [1.165, 1.54) is 11.0 Å². The van der Waals surface area contributed by atoms with Gasteiger partial charge in [-0.1, -0.05) is 11.6 Å². The fourth-order valence-corrected chi connectivity index (χ4v) is 2.65. The van der Waals surface area contributed by atoms with Crippen LogP contribution in [0.25, 0.3) is 0 Å². The van der Waals surface area contributed by atoms with Gasteiger partial charge in [0.2, 0.25) is 11.8 Å². The minimum absolute atomic E-state index is 0.0704. The monoisotopic (exact) mass is 311 g/mol. The summed E-state index contributed by atoms with van der Waals surface area (Å²) in [7, 11) is 0. The summed E-state index contributed by atoms with van der Waals surface area (Å²) in [5.74, 6) is -0.395. The highest BCUT2D eigenvalue weighted by atomic mass is 35.5. The number of benzene rings is 1. The van der Waals surface area contributed by atoms with Crippen LogP contribution in [0, 0.1) is 0 Å². The van der Waals surface area contributed by atoms with E-state index in [-0.39, 0.29) is 30.7 Å². The number of nitrogens with zero attached hydrogens (tertiary/aromatic N) is 1. The number of halogens is 1. The normalized spacial score (nSPS) is 17.8. The summed E-state index contributed by atoms with van der Waals surface area (Å²) < 4.78 is 0. The maximum Gasteiger partial charge on any atom is 0.243 e. The molecule has 0 aliphatic carbocycles. The maximum absolute atomic E-state index is 12.2. The van der Waals surface area contributed by atoms with E-state index in [4.69, 9.17) is 17.3 Å². The highest BCUT2D eigenvalue weighted by Gasteiger charge is 2.33. The molecule has 1 aliphatic heterocycles. The molecule has 7 heteroatoms. The Morgan fingerprint density at radius 2 is 2.24 bits per heavy atom. The van der Waals surface area contributed by atoms with Gasteiger partial charge in [0.05, 0.1) is 6.54 Å². The molecule has 0 saturated carbocycles. The second-order valence-corrected chi connectivity index (χ2v) is 5.38. The van der Waals surface area contributed by atoms with Gasteiger partial charge in [0.1, 0.15) is 11.8 Å². The maximum atomic E-state index is 12.2. The van der Waals surface area contributed by atoms with Gasteiger partial charge in [-0.05, 0) is 31.0 Å². The first-order valence-corrected chi connectivity index (χ1v) is 7.15. The lowest BCUT2D eigenvalue weighted by Crippen LogP contribution is -2.47. The molecule has 2 rings (SSSR count). The predicted octanol–water partition coefficient (Wildman–Crippen LogP) is 0.611. The third-order valence-electron chi connectivity index (χ3n) is 3.55. The highest BCUT2D eigenvalue weighted by Crippen LogP contribution is 2.22. The number of hydrogen-bond donors (Lipinski definition) is 3. The first-order chi connectivity index (χ1) is 10.0. The standard InChI is InChI=1S/C14H18ClN3O3/c15-10-3-4-12(19)9(6-10)8-17-14(21)11-2-1-5-18(11)13(20)7-16/h3-4,6,11,19H,1-2,5,7-8,16H2,(H,17,21). The van der Waals surface area contributed by atoms with E-state index in [0.717, 1.165) is 6.42 Å². The van der Waals surface area contributed by atoms with Crippen molar-refractivity contribution < 1.29 is 14.7 Å². The van der Waals surface area contributed by atoms with Crippen LogP contribution in [-0.4, -0.2) is 41.0 Å². The number of aromatic hydroxyl groups is 1. The van der Waals surface area contributed by atoms with Crippen LogP contribution in [0.2, 0.25) is 5.02 Å². The van der Waals surface area contributed by atoms with Gasteiger partial charge in [0.15, 0.2) is 0 Å². The summed E-state index contributed by atoms with van der Waals surface area (Å²) in [5, 5.41) is 12.9. The largest absolute Gasteiger partial charge is 0.508 e. The molecular formula is C14H18ClN3O3. The van der Waals surface area contributed by atoms with Crippen molar-refractivity contribution in [2.75, 3.05) is 13.1 Å². The smallest absolute Gasteiger partial charge is 0.243 e. The summed E-state index contributed by atoms with van der Waals surface area (Å²) in [5.41, 5.74) is 5.88. The van der Waals surface area contributed by atoms with Crippen LogP contribution < -0.4 is 11.1 Å². The number of amides is 2. The third-order valence-corrected chi connectivity index (χ3v) is 3.78. The van der Waals surface area contributed by atoms with Gasteiger partial charge < -0.3 is 21.1 Å². The summed E-state index contributed by atoms with van der Waals surface area (Å²) in [6.07, 6.45) is 1.41. The lowest BCUT2D eigenvalue weighted by Gasteiger charge is -2.23. The second-order valence-electron chi connectivity index (χ2n) is 4.94. The van der Waals surface area contributed by atoms with Crippen molar-refractivity contribution in [2.45, 2.75) is 25.4 Å². The zero-order chi connectivity index (χ0) is 15.4. The van der Waals surface area contributed by atoms with E-state index in [9.17, 15) is 14.7 Å². The van der Waals surface area contributed by atoms with Gasteiger partial charge in [-0.2, -0.15) is 0 Å². The van der Waals surface area contributed by atoms with Gasteiger partial charge in [-0.3, -0.25) is 9.59 Å². The topological polar surface area (TPSA) is 95.7 Å². The van der Waals surface area contributed by atoms with Crippen LogP contribution in [0.3, 0.4) is 0 Å².